The highest BCUT2D eigenvalue weighted by atomic mass is 32.1. The molecule has 2 amide bonds. The second-order valence-corrected chi connectivity index (χ2v) is 7.06. The lowest BCUT2D eigenvalue weighted by atomic mass is 9.75. The standard InChI is InChI=1S/C17H18N4O2S/c1-18-16-20-13(9-24-16)14(22)21-8-4-7-17(10-21)11-5-2-3-6-12(11)19-15(17)23/h2-3,5-6,9H,4,7-8,10H2,1H3,(H,18,20)(H,19,23)/t17-/m1/s1. The summed E-state index contributed by atoms with van der Waals surface area (Å²) in [4.78, 5) is 31.6. The number of likely N-dealkylation sites (tertiary alicyclic amines) is 1. The van der Waals surface area contributed by atoms with Gasteiger partial charge in [-0.2, -0.15) is 0 Å². The van der Waals surface area contributed by atoms with E-state index in [9.17, 15) is 9.59 Å². The van der Waals surface area contributed by atoms with Crippen LogP contribution in [-0.4, -0.2) is 41.8 Å². The predicted molar refractivity (Wildman–Crippen MR) is 93.5 cm³/mol. The maximum atomic E-state index is 12.8. The van der Waals surface area contributed by atoms with Crippen LogP contribution in [0.3, 0.4) is 0 Å². The Hall–Kier alpha value is -2.41. The molecular formula is C17H18N4O2S. The molecule has 3 heterocycles. The van der Waals surface area contributed by atoms with Gasteiger partial charge >= 0.3 is 0 Å². The summed E-state index contributed by atoms with van der Waals surface area (Å²) in [6.07, 6.45) is 1.56. The number of anilines is 2. The quantitative estimate of drug-likeness (QED) is 0.878. The van der Waals surface area contributed by atoms with Crippen LogP contribution >= 0.6 is 11.3 Å². The minimum atomic E-state index is -0.633. The van der Waals surface area contributed by atoms with Gasteiger partial charge in [0, 0.05) is 31.2 Å². The van der Waals surface area contributed by atoms with Crippen molar-refractivity contribution >= 4 is 34.0 Å². The molecule has 6 nitrogen and oxygen atoms in total. The van der Waals surface area contributed by atoms with Gasteiger partial charge in [-0.15, -0.1) is 11.3 Å². The third-order valence-corrected chi connectivity index (χ3v) is 5.70. The minimum absolute atomic E-state index is 0.00427. The number of carbonyl (C=O) groups is 2. The highest BCUT2D eigenvalue weighted by Gasteiger charge is 2.50. The Kier molecular flexibility index (Phi) is 3.53. The number of fused-ring (bicyclic) bond motifs is 2. The van der Waals surface area contributed by atoms with Gasteiger partial charge in [0.05, 0.1) is 5.41 Å². The van der Waals surface area contributed by atoms with Crippen LogP contribution in [-0.2, 0) is 10.2 Å². The zero-order chi connectivity index (χ0) is 16.7. The van der Waals surface area contributed by atoms with Gasteiger partial charge < -0.3 is 15.5 Å². The lowest BCUT2D eigenvalue weighted by Gasteiger charge is -2.38. The fourth-order valence-corrected chi connectivity index (χ4v) is 4.30. The van der Waals surface area contributed by atoms with Crippen LogP contribution in [0.5, 0.6) is 0 Å². The van der Waals surface area contributed by atoms with Crippen molar-refractivity contribution in [3.63, 3.8) is 0 Å². The van der Waals surface area contributed by atoms with E-state index in [0.29, 0.717) is 23.9 Å². The van der Waals surface area contributed by atoms with Crippen molar-refractivity contribution in [2.45, 2.75) is 18.3 Å². The summed E-state index contributed by atoms with van der Waals surface area (Å²) < 4.78 is 0. The van der Waals surface area contributed by atoms with E-state index >= 15 is 0 Å². The van der Waals surface area contributed by atoms with Gasteiger partial charge in [-0.1, -0.05) is 18.2 Å². The van der Waals surface area contributed by atoms with Crippen molar-refractivity contribution < 1.29 is 9.59 Å². The zero-order valence-corrected chi connectivity index (χ0v) is 14.2. The first kappa shape index (κ1) is 15.1. The molecule has 4 rings (SSSR count). The molecule has 1 saturated heterocycles. The van der Waals surface area contributed by atoms with Crippen LogP contribution in [0, 0.1) is 0 Å². The zero-order valence-electron chi connectivity index (χ0n) is 13.3. The van der Waals surface area contributed by atoms with E-state index in [4.69, 9.17) is 0 Å². The first-order chi connectivity index (χ1) is 11.6. The van der Waals surface area contributed by atoms with Crippen LogP contribution in [0.25, 0.3) is 0 Å². The average molecular weight is 342 g/mol. The first-order valence-electron chi connectivity index (χ1n) is 7.97. The minimum Gasteiger partial charge on any atom is -0.365 e. The van der Waals surface area contributed by atoms with Crippen molar-refractivity contribution in [1.82, 2.24) is 9.88 Å². The number of thiazole rings is 1. The molecule has 1 spiro atoms. The maximum Gasteiger partial charge on any atom is 0.273 e. The van der Waals surface area contributed by atoms with Crippen LogP contribution < -0.4 is 10.6 Å². The molecule has 2 aliphatic heterocycles. The largest absolute Gasteiger partial charge is 0.365 e. The van der Waals surface area contributed by atoms with Crippen molar-refractivity contribution in [1.29, 1.82) is 0 Å². The van der Waals surface area contributed by atoms with E-state index in [0.717, 1.165) is 24.1 Å². The van der Waals surface area contributed by atoms with Crippen molar-refractivity contribution in [3.05, 3.63) is 40.9 Å². The molecule has 1 fully saturated rings. The van der Waals surface area contributed by atoms with Crippen LogP contribution in [0.2, 0.25) is 0 Å². The van der Waals surface area contributed by atoms with E-state index in [1.807, 2.05) is 24.3 Å². The highest BCUT2D eigenvalue weighted by Crippen LogP contribution is 2.43. The lowest BCUT2D eigenvalue weighted by Crippen LogP contribution is -2.51. The molecule has 2 aromatic rings. The molecular weight excluding hydrogens is 324 g/mol. The first-order valence-corrected chi connectivity index (χ1v) is 8.85. The normalized spacial score (nSPS) is 22.4. The Morgan fingerprint density at radius 2 is 2.25 bits per heavy atom. The van der Waals surface area contributed by atoms with E-state index in [1.165, 1.54) is 11.3 Å². The van der Waals surface area contributed by atoms with Gasteiger partial charge in [0.1, 0.15) is 5.69 Å². The molecule has 2 N–H and O–H groups in total. The van der Waals surface area contributed by atoms with Crippen molar-refractivity contribution in [3.8, 4) is 0 Å². The number of hydrogen-bond acceptors (Lipinski definition) is 5. The lowest BCUT2D eigenvalue weighted by molar-refractivity contribution is -0.122. The van der Waals surface area contributed by atoms with E-state index < -0.39 is 5.41 Å². The average Bonchev–Trinajstić information content (AvgIpc) is 3.19. The summed E-state index contributed by atoms with van der Waals surface area (Å²) in [5, 5.41) is 8.40. The Morgan fingerprint density at radius 1 is 1.42 bits per heavy atom. The number of hydrogen-bond donors (Lipinski definition) is 2. The molecule has 7 heteroatoms. The van der Waals surface area contributed by atoms with E-state index in [-0.39, 0.29) is 11.8 Å². The van der Waals surface area contributed by atoms with E-state index in [2.05, 4.69) is 15.6 Å². The molecule has 0 radical (unpaired) electrons. The molecule has 1 atom stereocenters. The number of rotatable bonds is 2. The number of nitrogens with zero attached hydrogens (tertiary/aromatic N) is 2. The number of benzene rings is 1. The third-order valence-electron chi connectivity index (χ3n) is 4.84. The third kappa shape index (κ3) is 2.19. The fraction of sp³-hybridized carbons (Fsp3) is 0.353. The Labute approximate surface area is 143 Å². The Bertz CT molecular complexity index is 818. The summed E-state index contributed by atoms with van der Waals surface area (Å²) >= 11 is 1.41. The summed E-state index contributed by atoms with van der Waals surface area (Å²) in [6.45, 7) is 1.06. The number of aromatic nitrogens is 1. The molecule has 1 aromatic heterocycles. The second kappa shape index (κ2) is 5.59. The smallest absolute Gasteiger partial charge is 0.273 e. The molecule has 1 aromatic carbocycles. The number of para-hydroxylation sites is 1. The van der Waals surface area contributed by atoms with Crippen molar-refractivity contribution in [2.24, 2.45) is 0 Å². The SMILES string of the molecule is CNc1nc(C(=O)N2CCC[C@]3(C2)C(=O)Nc2ccccc23)cs1. The molecule has 24 heavy (non-hydrogen) atoms. The van der Waals surface area contributed by atoms with Crippen LogP contribution in [0.1, 0.15) is 28.9 Å². The van der Waals surface area contributed by atoms with Crippen molar-refractivity contribution in [2.75, 3.05) is 30.8 Å². The second-order valence-electron chi connectivity index (χ2n) is 6.20. The molecule has 2 aliphatic rings. The predicted octanol–water partition coefficient (Wildman–Crippen LogP) is 2.31. The Balaban J connectivity index is 1.64. The summed E-state index contributed by atoms with van der Waals surface area (Å²) in [5.74, 6) is -0.112. The van der Waals surface area contributed by atoms with Gasteiger partial charge in [0.15, 0.2) is 5.13 Å². The van der Waals surface area contributed by atoms with Gasteiger partial charge in [0.25, 0.3) is 5.91 Å². The van der Waals surface area contributed by atoms with Crippen LogP contribution in [0.4, 0.5) is 10.8 Å². The summed E-state index contributed by atoms with van der Waals surface area (Å²) in [6, 6.07) is 7.77. The highest BCUT2D eigenvalue weighted by molar-refractivity contribution is 7.13. The summed E-state index contributed by atoms with van der Waals surface area (Å²) in [7, 11) is 1.78. The molecule has 0 aliphatic carbocycles. The molecule has 0 unspecified atom stereocenters. The number of piperidine rings is 1. The van der Waals surface area contributed by atoms with Gasteiger partial charge in [-0.25, -0.2) is 4.98 Å². The topological polar surface area (TPSA) is 74.3 Å². The van der Waals surface area contributed by atoms with Gasteiger partial charge in [-0.05, 0) is 24.5 Å². The number of carbonyl (C=O) groups excluding carboxylic acids is 2. The van der Waals surface area contributed by atoms with E-state index in [1.54, 1.807) is 17.3 Å². The maximum absolute atomic E-state index is 12.8. The molecule has 0 bridgehead atoms. The summed E-state index contributed by atoms with van der Waals surface area (Å²) in [5.41, 5.74) is 1.67. The Morgan fingerprint density at radius 3 is 3.04 bits per heavy atom. The van der Waals surface area contributed by atoms with Crippen LogP contribution in [0.15, 0.2) is 29.6 Å². The number of amides is 2. The molecule has 124 valence electrons. The number of nitrogens with one attached hydrogen (secondary N) is 2. The molecule has 0 saturated carbocycles. The fourth-order valence-electron chi connectivity index (χ4n) is 3.66. The monoisotopic (exact) mass is 342 g/mol. The van der Waals surface area contributed by atoms with Gasteiger partial charge in [-0.3, -0.25) is 9.59 Å². The van der Waals surface area contributed by atoms with Gasteiger partial charge in [0.2, 0.25) is 5.91 Å².